The Bertz CT molecular complexity index is 596. The van der Waals surface area contributed by atoms with Gasteiger partial charge in [0.15, 0.2) is 0 Å². The van der Waals surface area contributed by atoms with Gasteiger partial charge in [-0.1, -0.05) is 18.2 Å². The molecule has 2 N–H and O–H groups in total. The number of benzene rings is 2. The SMILES string of the molecule is Cc1ccc(NC(=O)c2ccccc2O)cc1I. The van der Waals surface area contributed by atoms with E-state index < -0.39 is 0 Å². The van der Waals surface area contributed by atoms with Gasteiger partial charge in [0.25, 0.3) is 5.91 Å². The van der Waals surface area contributed by atoms with Crippen molar-refractivity contribution in [2.45, 2.75) is 6.92 Å². The van der Waals surface area contributed by atoms with Crippen LogP contribution in [0.3, 0.4) is 0 Å². The molecule has 0 aliphatic carbocycles. The number of carbonyl (C=O) groups is 1. The molecule has 0 heterocycles. The molecule has 0 saturated carbocycles. The van der Waals surface area contributed by atoms with E-state index in [4.69, 9.17) is 0 Å². The zero-order valence-electron chi connectivity index (χ0n) is 9.77. The van der Waals surface area contributed by atoms with Gasteiger partial charge in [-0.05, 0) is 59.3 Å². The Hall–Kier alpha value is -1.56. The molecule has 3 nitrogen and oxygen atoms in total. The van der Waals surface area contributed by atoms with Crippen molar-refractivity contribution < 1.29 is 9.90 Å². The van der Waals surface area contributed by atoms with Crippen LogP contribution >= 0.6 is 22.6 Å². The maximum absolute atomic E-state index is 12.0. The van der Waals surface area contributed by atoms with E-state index in [1.165, 1.54) is 6.07 Å². The first-order valence-electron chi connectivity index (χ1n) is 5.43. The van der Waals surface area contributed by atoms with Crippen LogP contribution in [0, 0.1) is 10.5 Å². The highest BCUT2D eigenvalue weighted by Gasteiger charge is 2.10. The minimum Gasteiger partial charge on any atom is -0.507 e. The summed E-state index contributed by atoms with van der Waals surface area (Å²) in [5, 5.41) is 12.4. The largest absolute Gasteiger partial charge is 0.507 e. The topological polar surface area (TPSA) is 49.3 Å². The summed E-state index contributed by atoms with van der Waals surface area (Å²) in [4.78, 5) is 12.0. The van der Waals surface area contributed by atoms with Crippen LogP contribution in [0.25, 0.3) is 0 Å². The van der Waals surface area contributed by atoms with Crippen LogP contribution in [0.4, 0.5) is 5.69 Å². The normalized spacial score (nSPS) is 10.1. The summed E-state index contributed by atoms with van der Waals surface area (Å²) in [6.45, 7) is 2.01. The van der Waals surface area contributed by atoms with Crippen LogP contribution in [0.5, 0.6) is 5.75 Å². The van der Waals surface area contributed by atoms with Gasteiger partial charge in [0.05, 0.1) is 5.56 Å². The number of halogens is 1. The van der Waals surface area contributed by atoms with E-state index in [2.05, 4.69) is 27.9 Å². The van der Waals surface area contributed by atoms with Crippen LogP contribution < -0.4 is 5.32 Å². The molecule has 2 aromatic rings. The fourth-order valence-corrected chi connectivity index (χ4v) is 2.05. The smallest absolute Gasteiger partial charge is 0.259 e. The predicted octanol–water partition coefficient (Wildman–Crippen LogP) is 3.56. The average molecular weight is 353 g/mol. The van der Waals surface area contributed by atoms with E-state index in [9.17, 15) is 9.90 Å². The summed E-state index contributed by atoms with van der Waals surface area (Å²) < 4.78 is 1.09. The third-order valence-corrected chi connectivity index (χ3v) is 3.74. The molecule has 0 unspecified atom stereocenters. The monoisotopic (exact) mass is 353 g/mol. The Morgan fingerprint density at radius 2 is 1.94 bits per heavy atom. The molecular weight excluding hydrogens is 341 g/mol. The van der Waals surface area contributed by atoms with E-state index in [-0.39, 0.29) is 17.2 Å². The number of aryl methyl sites for hydroxylation is 1. The maximum atomic E-state index is 12.0. The van der Waals surface area contributed by atoms with Gasteiger partial charge in [0.2, 0.25) is 0 Å². The Balaban J connectivity index is 2.22. The fourth-order valence-electron chi connectivity index (χ4n) is 1.53. The summed E-state index contributed by atoms with van der Waals surface area (Å²) in [7, 11) is 0. The van der Waals surface area contributed by atoms with Gasteiger partial charge >= 0.3 is 0 Å². The number of rotatable bonds is 2. The summed E-state index contributed by atoms with van der Waals surface area (Å²) in [6.07, 6.45) is 0. The lowest BCUT2D eigenvalue weighted by Crippen LogP contribution is -2.12. The molecule has 92 valence electrons. The number of phenols is 1. The summed E-state index contributed by atoms with van der Waals surface area (Å²) in [5.41, 5.74) is 2.16. The van der Waals surface area contributed by atoms with Crippen LogP contribution in [0.2, 0.25) is 0 Å². The van der Waals surface area contributed by atoms with E-state index in [0.29, 0.717) is 0 Å². The summed E-state index contributed by atoms with van der Waals surface area (Å²) in [6, 6.07) is 12.2. The molecule has 1 amide bonds. The van der Waals surface area contributed by atoms with Crippen molar-refractivity contribution in [3.63, 3.8) is 0 Å². The first-order valence-corrected chi connectivity index (χ1v) is 6.51. The van der Waals surface area contributed by atoms with Gasteiger partial charge in [-0.15, -0.1) is 0 Å². The Labute approximate surface area is 119 Å². The molecule has 0 fully saturated rings. The fraction of sp³-hybridized carbons (Fsp3) is 0.0714. The van der Waals surface area contributed by atoms with Crippen molar-refractivity contribution >= 4 is 34.2 Å². The number of phenolic OH excluding ortho intramolecular Hbond substituents is 1. The average Bonchev–Trinajstić information content (AvgIpc) is 2.34. The molecule has 2 aromatic carbocycles. The summed E-state index contributed by atoms with van der Waals surface area (Å²) >= 11 is 2.22. The third kappa shape index (κ3) is 2.81. The molecule has 2 rings (SSSR count). The Morgan fingerprint density at radius 1 is 1.22 bits per heavy atom. The van der Waals surface area contributed by atoms with E-state index in [0.717, 1.165) is 14.8 Å². The minimum absolute atomic E-state index is 0.0168. The second kappa shape index (κ2) is 5.39. The first-order chi connectivity index (χ1) is 8.58. The molecule has 0 aromatic heterocycles. The Kier molecular flexibility index (Phi) is 3.86. The van der Waals surface area contributed by atoms with E-state index in [1.807, 2.05) is 25.1 Å². The lowest BCUT2D eigenvalue weighted by molar-refractivity contribution is 0.102. The quantitative estimate of drug-likeness (QED) is 0.812. The highest BCUT2D eigenvalue weighted by molar-refractivity contribution is 14.1. The lowest BCUT2D eigenvalue weighted by Gasteiger charge is -2.08. The minimum atomic E-state index is -0.312. The molecule has 0 atom stereocenters. The number of aromatic hydroxyl groups is 1. The van der Waals surface area contributed by atoms with Crippen molar-refractivity contribution in [3.05, 3.63) is 57.2 Å². The molecule has 0 saturated heterocycles. The Morgan fingerprint density at radius 3 is 2.61 bits per heavy atom. The first kappa shape index (κ1) is 12.9. The molecule has 0 aliphatic heterocycles. The number of anilines is 1. The lowest BCUT2D eigenvalue weighted by atomic mass is 10.1. The molecule has 0 bridgehead atoms. The standard InChI is InChI=1S/C14H12INO2/c1-9-6-7-10(8-12(9)15)16-14(18)11-4-2-3-5-13(11)17/h2-8,17H,1H3,(H,16,18). The van der Waals surface area contributed by atoms with Crippen molar-refractivity contribution in [1.29, 1.82) is 0 Å². The molecule has 18 heavy (non-hydrogen) atoms. The van der Waals surface area contributed by atoms with Gasteiger partial charge in [-0.2, -0.15) is 0 Å². The summed E-state index contributed by atoms with van der Waals surface area (Å²) in [5.74, 6) is -0.329. The third-order valence-electron chi connectivity index (χ3n) is 2.58. The number of hydrogen-bond acceptors (Lipinski definition) is 2. The maximum Gasteiger partial charge on any atom is 0.259 e. The second-order valence-corrected chi connectivity index (χ2v) is 5.10. The number of nitrogens with one attached hydrogen (secondary N) is 1. The number of amides is 1. The predicted molar refractivity (Wildman–Crippen MR) is 80.0 cm³/mol. The van der Waals surface area contributed by atoms with E-state index in [1.54, 1.807) is 18.2 Å². The molecule has 0 spiro atoms. The zero-order valence-corrected chi connectivity index (χ0v) is 11.9. The van der Waals surface area contributed by atoms with Crippen molar-refractivity contribution in [3.8, 4) is 5.75 Å². The van der Waals surface area contributed by atoms with Gasteiger partial charge in [-0.25, -0.2) is 0 Å². The van der Waals surface area contributed by atoms with Crippen molar-refractivity contribution in [1.82, 2.24) is 0 Å². The highest BCUT2D eigenvalue weighted by Crippen LogP contribution is 2.20. The van der Waals surface area contributed by atoms with Crippen molar-refractivity contribution in [2.24, 2.45) is 0 Å². The molecule has 4 heteroatoms. The van der Waals surface area contributed by atoms with E-state index >= 15 is 0 Å². The number of hydrogen-bond donors (Lipinski definition) is 2. The van der Waals surface area contributed by atoms with Gasteiger partial charge in [0.1, 0.15) is 5.75 Å². The highest BCUT2D eigenvalue weighted by atomic mass is 127. The molecular formula is C14H12INO2. The van der Waals surface area contributed by atoms with Gasteiger partial charge in [0, 0.05) is 9.26 Å². The van der Waals surface area contributed by atoms with Crippen LogP contribution in [-0.2, 0) is 0 Å². The van der Waals surface area contributed by atoms with Crippen LogP contribution in [0.1, 0.15) is 15.9 Å². The van der Waals surface area contributed by atoms with Crippen LogP contribution in [0.15, 0.2) is 42.5 Å². The second-order valence-electron chi connectivity index (χ2n) is 3.94. The van der Waals surface area contributed by atoms with Gasteiger partial charge in [-0.3, -0.25) is 4.79 Å². The molecule has 0 aliphatic rings. The van der Waals surface area contributed by atoms with Crippen molar-refractivity contribution in [2.75, 3.05) is 5.32 Å². The number of carbonyl (C=O) groups excluding carboxylic acids is 1. The number of para-hydroxylation sites is 1. The van der Waals surface area contributed by atoms with Crippen LogP contribution in [-0.4, -0.2) is 11.0 Å². The molecule has 0 radical (unpaired) electrons. The van der Waals surface area contributed by atoms with Gasteiger partial charge < -0.3 is 10.4 Å². The zero-order chi connectivity index (χ0) is 13.1.